The van der Waals surface area contributed by atoms with Gasteiger partial charge >= 0.3 is 0 Å². The second-order valence-electron chi connectivity index (χ2n) is 6.19. The van der Waals surface area contributed by atoms with E-state index in [0.717, 1.165) is 25.0 Å². The van der Waals surface area contributed by atoms with Crippen molar-refractivity contribution in [3.63, 3.8) is 0 Å². The van der Waals surface area contributed by atoms with Gasteiger partial charge in [-0.25, -0.2) is 0 Å². The minimum atomic E-state index is -0.140. The third-order valence-corrected chi connectivity index (χ3v) is 5.13. The second kappa shape index (κ2) is 6.28. The summed E-state index contributed by atoms with van der Waals surface area (Å²) in [5, 5.41) is 0. The molecule has 0 bridgehead atoms. The number of benzene rings is 1. The minimum absolute atomic E-state index is 0.140. The molecule has 2 atom stereocenters. The van der Waals surface area contributed by atoms with Crippen LogP contribution in [0.5, 0.6) is 0 Å². The van der Waals surface area contributed by atoms with Crippen LogP contribution in [-0.4, -0.2) is 13.2 Å². The van der Waals surface area contributed by atoms with Crippen LogP contribution in [0.3, 0.4) is 0 Å². The monoisotopic (exact) mass is 274 g/mol. The van der Waals surface area contributed by atoms with Crippen LogP contribution in [0.25, 0.3) is 0 Å². The van der Waals surface area contributed by atoms with E-state index < -0.39 is 0 Å². The Kier molecular flexibility index (Phi) is 4.42. The average Bonchev–Trinajstić information content (AvgIpc) is 3.01. The lowest BCUT2D eigenvalue weighted by Crippen LogP contribution is -2.18. The maximum atomic E-state index is 5.69. The molecule has 0 radical (unpaired) electrons. The lowest BCUT2D eigenvalue weighted by molar-refractivity contribution is -0.0446. The molecule has 0 aromatic heterocycles. The van der Waals surface area contributed by atoms with Gasteiger partial charge in [-0.05, 0) is 42.7 Å². The summed E-state index contributed by atoms with van der Waals surface area (Å²) in [6.45, 7) is 6.02. The van der Waals surface area contributed by atoms with Gasteiger partial charge in [0.1, 0.15) is 0 Å². The van der Waals surface area contributed by atoms with Gasteiger partial charge in [0.15, 0.2) is 6.29 Å². The number of ether oxygens (including phenoxy) is 2. The van der Waals surface area contributed by atoms with Crippen molar-refractivity contribution in [3.05, 3.63) is 34.9 Å². The van der Waals surface area contributed by atoms with Crippen molar-refractivity contribution in [1.82, 2.24) is 0 Å². The molecule has 1 aromatic rings. The first-order valence-corrected chi connectivity index (χ1v) is 8.14. The Hall–Kier alpha value is -0.860. The third kappa shape index (κ3) is 2.64. The summed E-state index contributed by atoms with van der Waals surface area (Å²) in [5.41, 5.74) is 4.17. The van der Waals surface area contributed by atoms with E-state index in [1.807, 2.05) is 0 Å². The summed E-state index contributed by atoms with van der Waals surface area (Å²) in [5.74, 6) is 1.58. The summed E-state index contributed by atoms with van der Waals surface area (Å²) in [4.78, 5) is 0. The molecule has 20 heavy (non-hydrogen) atoms. The standard InChI is InChI=1S/C18H26O2/c1-3-14-7-4-5-8-17(14)15-9-6-10-16(13(15)2)18-19-11-12-20-18/h6,9-10,14,17-18H,3-5,7-8,11-12H2,1-2H3. The largest absolute Gasteiger partial charge is 0.346 e. The molecule has 110 valence electrons. The fourth-order valence-electron chi connectivity index (χ4n) is 3.97. The SMILES string of the molecule is CCC1CCCCC1c1cccc(C2OCCO2)c1C. The zero-order valence-corrected chi connectivity index (χ0v) is 12.7. The molecule has 0 amide bonds. The van der Waals surface area contributed by atoms with Crippen molar-refractivity contribution >= 4 is 0 Å². The zero-order valence-electron chi connectivity index (χ0n) is 12.7. The Morgan fingerprint density at radius 3 is 2.50 bits per heavy atom. The molecule has 1 saturated heterocycles. The van der Waals surface area contributed by atoms with Gasteiger partial charge in [0.25, 0.3) is 0 Å². The van der Waals surface area contributed by atoms with Crippen molar-refractivity contribution in [1.29, 1.82) is 0 Å². The molecule has 2 fully saturated rings. The van der Waals surface area contributed by atoms with Crippen molar-refractivity contribution in [2.24, 2.45) is 5.92 Å². The highest BCUT2D eigenvalue weighted by Crippen LogP contribution is 2.42. The first-order valence-electron chi connectivity index (χ1n) is 8.14. The number of hydrogen-bond donors (Lipinski definition) is 0. The molecule has 3 rings (SSSR count). The van der Waals surface area contributed by atoms with Gasteiger partial charge in [0.05, 0.1) is 13.2 Å². The molecular weight excluding hydrogens is 248 g/mol. The zero-order chi connectivity index (χ0) is 13.9. The molecule has 1 aromatic carbocycles. The van der Waals surface area contributed by atoms with Crippen LogP contribution in [0.15, 0.2) is 18.2 Å². The molecule has 1 saturated carbocycles. The van der Waals surface area contributed by atoms with Crippen molar-refractivity contribution < 1.29 is 9.47 Å². The van der Waals surface area contributed by atoms with Gasteiger partial charge in [-0.1, -0.05) is 44.4 Å². The molecule has 2 aliphatic rings. The highest BCUT2D eigenvalue weighted by atomic mass is 16.7. The highest BCUT2D eigenvalue weighted by molar-refractivity contribution is 5.38. The van der Waals surface area contributed by atoms with Crippen LogP contribution in [0, 0.1) is 12.8 Å². The topological polar surface area (TPSA) is 18.5 Å². The first kappa shape index (κ1) is 14.1. The summed E-state index contributed by atoms with van der Waals surface area (Å²) < 4.78 is 11.4. The third-order valence-electron chi connectivity index (χ3n) is 5.13. The summed E-state index contributed by atoms with van der Waals surface area (Å²) in [7, 11) is 0. The molecule has 1 aliphatic heterocycles. The van der Waals surface area contributed by atoms with Gasteiger partial charge in [-0.15, -0.1) is 0 Å². The fraction of sp³-hybridized carbons (Fsp3) is 0.667. The van der Waals surface area contributed by atoms with Crippen LogP contribution >= 0.6 is 0 Å². The Morgan fingerprint density at radius 1 is 1.05 bits per heavy atom. The quantitative estimate of drug-likeness (QED) is 0.793. The Labute approximate surface area is 122 Å². The van der Waals surface area contributed by atoms with Crippen molar-refractivity contribution in [3.8, 4) is 0 Å². The summed E-state index contributed by atoms with van der Waals surface area (Å²) in [6.07, 6.45) is 6.67. The van der Waals surface area contributed by atoms with E-state index in [2.05, 4.69) is 32.0 Å². The number of rotatable bonds is 3. The Balaban J connectivity index is 1.90. The fourth-order valence-corrected chi connectivity index (χ4v) is 3.97. The molecule has 0 N–H and O–H groups in total. The van der Waals surface area contributed by atoms with E-state index in [0.29, 0.717) is 0 Å². The van der Waals surface area contributed by atoms with E-state index in [1.54, 1.807) is 0 Å². The minimum Gasteiger partial charge on any atom is -0.346 e. The highest BCUT2D eigenvalue weighted by Gasteiger charge is 2.28. The molecule has 1 aliphatic carbocycles. The molecular formula is C18H26O2. The number of hydrogen-bond acceptors (Lipinski definition) is 2. The Morgan fingerprint density at radius 2 is 1.75 bits per heavy atom. The van der Waals surface area contributed by atoms with E-state index in [9.17, 15) is 0 Å². The lowest BCUT2D eigenvalue weighted by atomic mass is 9.73. The first-order chi connectivity index (χ1) is 9.81. The molecule has 2 heteroatoms. The smallest absolute Gasteiger partial charge is 0.184 e. The van der Waals surface area contributed by atoms with E-state index >= 15 is 0 Å². The maximum Gasteiger partial charge on any atom is 0.184 e. The maximum absolute atomic E-state index is 5.69. The van der Waals surface area contributed by atoms with Crippen LogP contribution in [-0.2, 0) is 9.47 Å². The van der Waals surface area contributed by atoms with E-state index in [1.165, 1.54) is 48.8 Å². The summed E-state index contributed by atoms with van der Waals surface area (Å²) >= 11 is 0. The molecule has 2 unspecified atom stereocenters. The predicted octanol–water partition coefficient (Wildman–Crippen LogP) is 4.72. The van der Waals surface area contributed by atoms with E-state index in [-0.39, 0.29) is 6.29 Å². The van der Waals surface area contributed by atoms with Gasteiger partial charge in [-0.2, -0.15) is 0 Å². The predicted molar refractivity (Wildman–Crippen MR) is 80.8 cm³/mol. The second-order valence-corrected chi connectivity index (χ2v) is 6.19. The van der Waals surface area contributed by atoms with Crippen molar-refractivity contribution in [2.45, 2.75) is 58.2 Å². The molecule has 2 nitrogen and oxygen atoms in total. The lowest BCUT2D eigenvalue weighted by Gasteiger charge is -2.33. The van der Waals surface area contributed by atoms with Crippen molar-refractivity contribution in [2.75, 3.05) is 13.2 Å². The van der Waals surface area contributed by atoms with Crippen LogP contribution in [0.4, 0.5) is 0 Å². The van der Waals surface area contributed by atoms with Gasteiger partial charge in [0, 0.05) is 5.56 Å². The molecule has 1 heterocycles. The van der Waals surface area contributed by atoms with Crippen LogP contribution in [0.2, 0.25) is 0 Å². The normalized spacial score (nSPS) is 27.9. The van der Waals surface area contributed by atoms with Gasteiger partial charge < -0.3 is 9.47 Å². The van der Waals surface area contributed by atoms with Gasteiger partial charge in [-0.3, -0.25) is 0 Å². The summed E-state index contributed by atoms with van der Waals surface area (Å²) in [6, 6.07) is 6.68. The van der Waals surface area contributed by atoms with Crippen LogP contribution < -0.4 is 0 Å². The van der Waals surface area contributed by atoms with Gasteiger partial charge in [0.2, 0.25) is 0 Å². The molecule has 0 spiro atoms. The van der Waals surface area contributed by atoms with Crippen LogP contribution in [0.1, 0.15) is 67.9 Å². The average molecular weight is 274 g/mol. The Bertz CT molecular complexity index is 449. The van der Waals surface area contributed by atoms with E-state index in [4.69, 9.17) is 9.47 Å².